The Labute approximate surface area is 129 Å². The molecule has 0 radical (unpaired) electrons. The highest BCUT2D eigenvalue weighted by molar-refractivity contribution is 5.87. The van der Waals surface area contributed by atoms with Crippen molar-refractivity contribution in [2.24, 2.45) is 5.92 Å². The highest BCUT2D eigenvalue weighted by Crippen LogP contribution is 2.17. The Morgan fingerprint density at radius 3 is 2.50 bits per heavy atom. The maximum Gasteiger partial charge on any atom is 0.312 e. The van der Waals surface area contributed by atoms with Crippen LogP contribution in [-0.4, -0.2) is 61.4 Å². The van der Waals surface area contributed by atoms with E-state index in [1.165, 1.54) is 12.0 Å². The van der Waals surface area contributed by atoms with Crippen LogP contribution < -0.4 is 0 Å². The molecule has 120 valence electrons. The Hall–Kier alpha value is -1.92. The number of esters is 1. The van der Waals surface area contributed by atoms with Gasteiger partial charge in [0.25, 0.3) is 5.91 Å². The lowest BCUT2D eigenvalue weighted by atomic mass is 9.93. The van der Waals surface area contributed by atoms with Gasteiger partial charge in [-0.25, -0.2) is 0 Å². The molecule has 2 atom stereocenters. The molecule has 0 bridgehead atoms. The zero-order valence-electron chi connectivity index (χ0n) is 12.6. The SMILES string of the molecule is COC(=O)C(Cc1ccccc1)C(O)C(=O)N1CCOCC1. The van der Waals surface area contributed by atoms with E-state index in [1.807, 2.05) is 30.3 Å². The van der Waals surface area contributed by atoms with Crippen molar-refractivity contribution in [2.45, 2.75) is 12.5 Å². The second-order valence-electron chi connectivity index (χ2n) is 5.20. The zero-order valence-corrected chi connectivity index (χ0v) is 12.6. The molecular formula is C16H21NO5. The maximum atomic E-state index is 12.4. The number of ether oxygens (including phenoxy) is 2. The van der Waals surface area contributed by atoms with Gasteiger partial charge in [-0.2, -0.15) is 0 Å². The number of aliphatic hydroxyl groups is 1. The van der Waals surface area contributed by atoms with E-state index in [4.69, 9.17) is 9.47 Å². The van der Waals surface area contributed by atoms with Crippen molar-refractivity contribution in [1.82, 2.24) is 4.90 Å². The van der Waals surface area contributed by atoms with E-state index in [-0.39, 0.29) is 6.42 Å². The number of methoxy groups -OCH3 is 1. The largest absolute Gasteiger partial charge is 0.469 e. The van der Waals surface area contributed by atoms with Crippen LogP contribution in [-0.2, 0) is 25.5 Å². The minimum atomic E-state index is -1.41. The molecule has 1 N–H and O–H groups in total. The zero-order chi connectivity index (χ0) is 15.9. The van der Waals surface area contributed by atoms with Crippen molar-refractivity contribution in [3.05, 3.63) is 35.9 Å². The topological polar surface area (TPSA) is 76.1 Å². The summed E-state index contributed by atoms with van der Waals surface area (Å²) < 4.78 is 9.94. The van der Waals surface area contributed by atoms with Gasteiger partial charge in [0, 0.05) is 13.1 Å². The predicted octanol–water partition coefficient (Wildman–Crippen LogP) is 0.238. The highest BCUT2D eigenvalue weighted by atomic mass is 16.5. The third kappa shape index (κ3) is 4.05. The molecule has 1 aliphatic rings. The summed E-state index contributed by atoms with van der Waals surface area (Å²) in [5.74, 6) is -1.95. The Balaban J connectivity index is 2.10. The van der Waals surface area contributed by atoms with E-state index in [2.05, 4.69) is 0 Å². The van der Waals surface area contributed by atoms with Gasteiger partial charge in [0.1, 0.15) is 6.10 Å². The standard InChI is InChI=1S/C16H21NO5/c1-21-16(20)13(11-12-5-3-2-4-6-12)14(18)15(19)17-7-9-22-10-8-17/h2-6,13-14,18H,7-11H2,1H3. The van der Waals surface area contributed by atoms with Gasteiger partial charge in [0.2, 0.25) is 0 Å². The van der Waals surface area contributed by atoms with Gasteiger partial charge >= 0.3 is 5.97 Å². The lowest BCUT2D eigenvalue weighted by molar-refractivity contribution is -0.159. The summed E-state index contributed by atoms with van der Waals surface area (Å²) in [4.78, 5) is 25.9. The van der Waals surface area contributed by atoms with Crippen LogP contribution in [0.1, 0.15) is 5.56 Å². The van der Waals surface area contributed by atoms with Crippen molar-refractivity contribution < 1.29 is 24.2 Å². The van der Waals surface area contributed by atoms with Crippen LogP contribution in [0.25, 0.3) is 0 Å². The highest BCUT2D eigenvalue weighted by Gasteiger charge is 2.36. The van der Waals surface area contributed by atoms with Crippen LogP contribution in [0.2, 0.25) is 0 Å². The van der Waals surface area contributed by atoms with Gasteiger partial charge in [0.05, 0.1) is 26.2 Å². The molecule has 0 aliphatic carbocycles. The van der Waals surface area contributed by atoms with E-state index in [0.29, 0.717) is 26.3 Å². The van der Waals surface area contributed by atoms with Crippen LogP contribution in [0.4, 0.5) is 0 Å². The quantitative estimate of drug-likeness (QED) is 0.789. The van der Waals surface area contributed by atoms with Crippen LogP contribution in [0.5, 0.6) is 0 Å². The van der Waals surface area contributed by atoms with Gasteiger partial charge in [-0.15, -0.1) is 0 Å². The summed E-state index contributed by atoms with van der Waals surface area (Å²) in [6.45, 7) is 1.74. The molecule has 2 rings (SSSR count). The van der Waals surface area contributed by atoms with Gasteiger partial charge in [-0.3, -0.25) is 9.59 Å². The number of amides is 1. The van der Waals surface area contributed by atoms with E-state index in [1.54, 1.807) is 0 Å². The molecule has 1 aromatic rings. The van der Waals surface area contributed by atoms with Crippen molar-refractivity contribution in [2.75, 3.05) is 33.4 Å². The normalized spacial score (nSPS) is 17.6. The number of hydrogen-bond donors (Lipinski definition) is 1. The number of carbonyl (C=O) groups is 2. The van der Waals surface area contributed by atoms with Crippen LogP contribution >= 0.6 is 0 Å². The molecule has 6 nitrogen and oxygen atoms in total. The molecule has 22 heavy (non-hydrogen) atoms. The molecule has 1 amide bonds. The molecule has 1 aromatic carbocycles. The Bertz CT molecular complexity index is 499. The van der Waals surface area contributed by atoms with E-state index in [9.17, 15) is 14.7 Å². The second-order valence-corrected chi connectivity index (χ2v) is 5.20. The first-order chi connectivity index (χ1) is 10.6. The van der Waals surface area contributed by atoms with Crippen molar-refractivity contribution in [1.29, 1.82) is 0 Å². The molecule has 2 unspecified atom stereocenters. The van der Waals surface area contributed by atoms with Crippen LogP contribution in [0.3, 0.4) is 0 Å². The molecule has 1 saturated heterocycles. The average molecular weight is 307 g/mol. The Morgan fingerprint density at radius 2 is 1.91 bits per heavy atom. The maximum absolute atomic E-state index is 12.4. The fourth-order valence-electron chi connectivity index (χ4n) is 2.49. The molecule has 6 heteroatoms. The first-order valence-corrected chi connectivity index (χ1v) is 7.30. The fraction of sp³-hybridized carbons (Fsp3) is 0.500. The number of hydrogen-bond acceptors (Lipinski definition) is 5. The Kier molecular flexibility index (Phi) is 5.91. The van der Waals surface area contributed by atoms with Crippen LogP contribution in [0.15, 0.2) is 30.3 Å². The number of nitrogens with zero attached hydrogens (tertiary/aromatic N) is 1. The summed E-state index contributed by atoms with van der Waals surface area (Å²) in [6.07, 6.45) is -1.16. The predicted molar refractivity (Wildman–Crippen MR) is 79.1 cm³/mol. The van der Waals surface area contributed by atoms with Crippen molar-refractivity contribution in [3.8, 4) is 0 Å². The summed E-state index contributed by atoms with van der Waals surface area (Å²) >= 11 is 0. The van der Waals surface area contributed by atoms with E-state index < -0.39 is 23.9 Å². The first kappa shape index (κ1) is 16.5. The van der Waals surface area contributed by atoms with Crippen molar-refractivity contribution >= 4 is 11.9 Å². The number of aliphatic hydroxyl groups excluding tert-OH is 1. The number of rotatable bonds is 5. The fourth-order valence-corrected chi connectivity index (χ4v) is 2.49. The van der Waals surface area contributed by atoms with E-state index >= 15 is 0 Å². The molecule has 1 fully saturated rings. The smallest absolute Gasteiger partial charge is 0.312 e. The molecule has 0 spiro atoms. The third-order valence-electron chi connectivity index (χ3n) is 3.76. The summed E-state index contributed by atoms with van der Waals surface area (Å²) in [5.41, 5.74) is 0.867. The first-order valence-electron chi connectivity index (χ1n) is 7.30. The lowest BCUT2D eigenvalue weighted by Gasteiger charge is -2.30. The molecule has 0 aromatic heterocycles. The van der Waals surface area contributed by atoms with Gasteiger partial charge in [-0.05, 0) is 12.0 Å². The number of benzene rings is 1. The third-order valence-corrected chi connectivity index (χ3v) is 3.76. The van der Waals surface area contributed by atoms with Crippen molar-refractivity contribution in [3.63, 3.8) is 0 Å². The molecular weight excluding hydrogens is 286 g/mol. The summed E-state index contributed by atoms with van der Waals surface area (Å²) in [6, 6.07) is 9.26. The number of morpholine rings is 1. The molecule has 0 saturated carbocycles. The van der Waals surface area contributed by atoms with Gasteiger partial charge in [0.15, 0.2) is 0 Å². The lowest BCUT2D eigenvalue weighted by Crippen LogP contribution is -2.49. The van der Waals surface area contributed by atoms with Gasteiger partial charge < -0.3 is 19.5 Å². The summed E-state index contributed by atoms with van der Waals surface area (Å²) in [5, 5.41) is 10.4. The average Bonchev–Trinajstić information content (AvgIpc) is 2.59. The van der Waals surface area contributed by atoms with E-state index in [0.717, 1.165) is 5.56 Å². The molecule has 1 heterocycles. The second kappa shape index (κ2) is 7.91. The monoisotopic (exact) mass is 307 g/mol. The molecule has 1 aliphatic heterocycles. The summed E-state index contributed by atoms with van der Waals surface area (Å²) in [7, 11) is 1.26. The minimum absolute atomic E-state index is 0.255. The van der Waals surface area contributed by atoms with Crippen LogP contribution in [0, 0.1) is 5.92 Å². The Morgan fingerprint density at radius 1 is 1.27 bits per heavy atom. The minimum Gasteiger partial charge on any atom is -0.469 e. The van der Waals surface area contributed by atoms with Gasteiger partial charge in [-0.1, -0.05) is 30.3 Å². The number of carbonyl (C=O) groups excluding carboxylic acids is 2.